The Labute approximate surface area is 138 Å². The van der Waals surface area contributed by atoms with Crippen molar-refractivity contribution in [2.45, 2.75) is 19.4 Å². The zero-order valence-corrected chi connectivity index (χ0v) is 13.5. The number of aromatic amines is 1. The number of nitrogens with one attached hydrogen (secondary N) is 1. The summed E-state index contributed by atoms with van der Waals surface area (Å²) < 4.78 is 0. The zero-order valence-electron chi connectivity index (χ0n) is 12.7. The summed E-state index contributed by atoms with van der Waals surface area (Å²) in [7, 11) is 0. The lowest BCUT2D eigenvalue weighted by molar-refractivity contribution is 0.724. The lowest BCUT2D eigenvalue weighted by atomic mass is 10.0. The molecule has 3 aromatic rings. The topological polar surface area (TPSA) is 49.0 Å². The molecule has 23 heavy (non-hydrogen) atoms. The highest BCUT2D eigenvalue weighted by atomic mass is 35.5. The third kappa shape index (κ3) is 2.49. The number of aromatic nitrogens is 2. The minimum Gasteiger partial charge on any atom is -0.363 e. The third-order valence-electron chi connectivity index (χ3n) is 4.36. The van der Waals surface area contributed by atoms with Gasteiger partial charge in [0.15, 0.2) is 0 Å². The molecule has 0 fully saturated rings. The van der Waals surface area contributed by atoms with Crippen LogP contribution in [0.1, 0.15) is 24.2 Å². The van der Waals surface area contributed by atoms with Crippen LogP contribution in [0.4, 0.5) is 5.69 Å². The molecule has 1 aliphatic rings. The number of hydrogen-bond donors (Lipinski definition) is 1. The highest BCUT2D eigenvalue weighted by Crippen LogP contribution is 2.36. The second kappa shape index (κ2) is 5.39. The fraction of sp³-hybridized carbons (Fsp3) is 0.222. The van der Waals surface area contributed by atoms with E-state index < -0.39 is 0 Å². The molecule has 4 rings (SSSR count). The molecule has 0 bridgehead atoms. The first-order chi connectivity index (χ1) is 11.1. The summed E-state index contributed by atoms with van der Waals surface area (Å²) in [6, 6.07) is 13.6. The Morgan fingerprint density at radius 1 is 1.30 bits per heavy atom. The molecule has 0 saturated carbocycles. The maximum atomic E-state index is 12.3. The van der Waals surface area contributed by atoms with Crippen molar-refractivity contribution in [3.05, 3.63) is 69.2 Å². The molecule has 0 amide bonds. The van der Waals surface area contributed by atoms with E-state index in [2.05, 4.69) is 40.0 Å². The lowest BCUT2D eigenvalue weighted by Crippen LogP contribution is -2.24. The number of fused-ring (bicyclic) bond motifs is 2. The van der Waals surface area contributed by atoms with Crippen molar-refractivity contribution in [3.8, 4) is 0 Å². The predicted octanol–water partition coefficient (Wildman–Crippen LogP) is 3.70. The molecule has 2 aromatic carbocycles. The molecule has 0 unspecified atom stereocenters. The molecule has 1 aromatic heterocycles. The first-order valence-electron chi connectivity index (χ1n) is 7.64. The van der Waals surface area contributed by atoms with Gasteiger partial charge < -0.3 is 9.88 Å². The molecule has 5 heteroatoms. The fourth-order valence-electron chi connectivity index (χ4n) is 3.28. The number of nitrogens with zero attached hydrogens (tertiary/aromatic N) is 2. The van der Waals surface area contributed by atoms with Crippen LogP contribution < -0.4 is 10.5 Å². The maximum Gasteiger partial charge on any atom is 0.258 e. The molecule has 0 spiro atoms. The molecule has 0 saturated heterocycles. The Bertz CT molecular complexity index is 950. The maximum absolute atomic E-state index is 12.3. The van der Waals surface area contributed by atoms with Crippen molar-refractivity contribution >= 4 is 28.2 Å². The van der Waals surface area contributed by atoms with E-state index in [4.69, 9.17) is 11.6 Å². The minimum absolute atomic E-state index is 0.145. The normalized spacial score (nSPS) is 16.8. The Balaban J connectivity index is 1.72. The van der Waals surface area contributed by atoms with Gasteiger partial charge in [0, 0.05) is 23.2 Å². The summed E-state index contributed by atoms with van der Waals surface area (Å²) in [6.45, 7) is 3.74. The predicted molar refractivity (Wildman–Crippen MR) is 93.3 cm³/mol. The summed E-state index contributed by atoms with van der Waals surface area (Å²) in [5.41, 5.74) is 3.10. The van der Waals surface area contributed by atoms with Crippen LogP contribution in [-0.2, 0) is 6.54 Å². The summed E-state index contributed by atoms with van der Waals surface area (Å²) in [5.74, 6) is 1.16. The summed E-state index contributed by atoms with van der Waals surface area (Å²) in [4.78, 5) is 22.0. The zero-order chi connectivity index (χ0) is 16.0. The van der Waals surface area contributed by atoms with Crippen molar-refractivity contribution in [3.63, 3.8) is 0 Å². The highest BCUT2D eigenvalue weighted by Gasteiger charge is 2.25. The van der Waals surface area contributed by atoms with Crippen molar-refractivity contribution in [2.75, 3.05) is 11.4 Å². The van der Waals surface area contributed by atoms with Gasteiger partial charge in [0.2, 0.25) is 0 Å². The van der Waals surface area contributed by atoms with Crippen molar-refractivity contribution < 1.29 is 0 Å². The van der Waals surface area contributed by atoms with Gasteiger partial charge in [-0.1, -0.05) is 36.7 Å². The van der Waals surface area contributed by atoms with Gasteiger partial charge in [0.25, 0.3) is 5.56 Å². The number of para-hydroxylation sites is 1. The van der Waals surface area contributed by atoms with Gasteiger partial charge in [-0.15, -0.1) is 0 Å². The Hall–Kier alpha value is -2.33. The average Bonchev–Trinajstić information content (AvgIpc) is 2.85. The van der Waals surface area contributed by atoms with E-state index in [-0.39, 0.29) is 5.56 Å². The summed E-state index contributed by atoms with van der Waals surface area (Å²) in [6.07, 6.45) is 0. The second-order valence-electron chi connectivity index (χ2n) is 6.01. The van der Waals surface area contributed by atoms with E-state index in [1.165, 1.54) is 11.3 Å². The average molecular weight is 326 g/mol. The largest absolute Gasteiger partial charge is 0.363 e. The van der Waals surface area contributed by atoms with Gasteiger partial charge in [-0.05, 0) is 29.8 Å². The number of hydrogen-bond acceptors (Lipinski definition) is 3. The van der Waals surface area contributed by atoms with E-state index in [0.717, 1.165) is 6.54 Å². The quantitative estimate of drug-likeness (QED) is 0.781. The molecule has 1 aliphatic heterocycles. The second-order valence-corrected chi connectivity index (χ2v) is 6.45. The number of H-pyrrole nitrogens is 1. The molecule has 116 valence electrons. The molecule has 0 aliphatic carbocycles. The summed E-state index contributed by atoms with van der Waals surface area (Å²) >= 11 is 5.95. The molecule has 1 atom stereocenters. The smallest absolute Gasteiger partial charge is 0.258 e. The molecule has 1 N–H and O–H groups in total. The van der Waals surface area contributed by atoms with Crippen LogP contribution in [-0.4, -0.2) is 16.5 Å². The molecule has 4 nitrogen and oxygen atoms in total. The van der Waals surface area contributed by atoms with Crippen molar-refractivity contribution in [1.82, 2.24) is 9.97 Å². The van der Waals surface area contributed by atoms with Gasteiger partial charge in [0.1, 0.15) is 5.82 Å². The van der Waals surface area contributed by atoms with Crippen LogP contribution in [0.5, 0.6) is 0 Å². The van der Waals surface area contributed by atoms with Gasteiger partial charge in [-0.3, -0.25) is 4.79 Å². The molecule has 2 heterocycles. The van der Waals surface area contributed by atoms with E-state index in [9.17, 15) is 4.79 Å². The third-order valence-corrected chi connectivity index (χ3v) is 4.59. The van der Waals surface area contributed by atoms with Crippen molar-refractivity contribution in [2.24, 2.45) is 0 Å². The highest BCUT2D eigenvalue weighted by molar-refractivity contribution is 6.31. The van der Waals surface area contributed by atoms with E-state index in [0.29, 0.717) is 34.2 Å². The van der Waals surface area contributed by atoms with Crippen LogP contribution >= 0.6 is 11.6 Å². The number of benzene rings is 2. The van der Waals surface area contributed by atoms with Crippen LogP contribution in [0.3, 0.4) is 0 Å². The Kier molecular flexibility index (Phi) is 3.34. The molecular formula is C18H16ClN3O. The van der Waals surface area contributed by atoms with Gasteiger partial charge in [-0.25, -0.2) is 4.98 Å². The lowest BCUT2D eigenvalue weighted by Gasteiger charge is -2.19. The minimum atomic E-state index is -0.145. The fourth-order valence-corrected chi connectivity index (χ4v) is 3.46. The Morgan fingerprint density at radius 2 is 2.13 bits per heavy atom. The number of halogens is 1. The standard InChI is InChI=1S/C18H16ClN3O/c1-11-9-22(16-5-3-2-4-13(11)16)10-17-20-15-7-6-12(19)8-14(15)18(23)21-17/h2-8,11H,9-10H2,1H3,(H,20,21,23)/t11-/m1/s1. The van der Waals surface area contributed by atoms with Crippen LogP contribution in [0, 0.1) is 0 Å². The van der Waals surface area contributed by atoms with Gasteiger partial charge >= 0.3 is 0 Å². The molecule has 0 radical (unpaired) electrons. The van der Waals surface area contributed by atoms with E-state index >= 15 is 0 Å². The van der Waals surface area contributed by atoms with E-state index in [1.54, 1.807) is 18.2 Å². The molecular weight excluding hydrogens is 310 g/mol. The van der Waals surface area contributed by atoms with Crippen molar-refractivity contribution in [1.29, 1.82) is 0 Å². The first-order valence-corrected chi connectivity index (χ1v) is 8.02. The number of rotatable bonds is 2. The van der Waals surface area contributed by atoms with E-state index in [1.807, 2.05) is 6.07 Å². The SMILES string of the molecule is C[C@@H]1CN(Cc2nc3ccc(Cl)cc3c(=O)[nH]2)c2ccccc21. The van der Waals surface area contributed by atoms with Crippen LogP contribution in [0.2, 0.25) is 5.02 Å². The summed E-state index contributed by atoms with van der Waals surface area (Å²) in [5, 5.41) is 1.07. The van der Waals surface area contributed by atoms with Gasteiger partial charge in [0.05, 0.1) is 17.4 Å². The number of anilines is 1. The first kappa shape index (κ1) is 14.3. The Morgan fingerprint density at radius 3 is 3.00 bits per heavy atom. The van der Waals surface area contributed by atoms with Crippen LogP contribution in [0.15, 0.2) is 47.3 Å². The monoisotopic (exact) mass is 325 g/mol. The van der Waals surface area contributed by atoms with Gasteiger partial charge in [-0.2, -0.15) is 0 Å². The van der Waals surface area contributed by atoms with Crippen LogP contribution in [0.25, 0.3) is 10.9 Å².